The van der Waals surface area contributed by atoms with Crippen molar-refractivity contribution in [2.24, 2.45) is 14.1 Å². The van der Waals surface area contributed by atoms with E-state index < -0.39 is 11.2 Å². The van der Waals surface area contributed by atoms with Crippen LogP contribution in [0.25, 0.3) is 11.2 Å². The van der Waals surface area contributed by atoms with Crippen LogP contribution in [0, 0.1) is 0 Å². The highest BCUT2D eigenvalue weighted by Crippen LogP contribution is 2.23. The molecule has 4 aromatic rings. The highest BCUT2D eigenvalue weighted by molar-refractivity contribution is 7.99. The van der Waals surface area contributed by atoms with Gasteiger partial charge in [-0.05, 0) is 29.1 Å². The van der Waals surface area contributed by atoms with Gasteiger partial charge in [-0.15, -0.1) is 11.3 Å². The third kappa shape index (κ3) is 4.52. The van der Waals surface area contributed by atoms with Crippen LogP contribution in [0.15, 0.2) is 56.5 Å². The maximum atomic E-state index is 12.9. The van der Waals surface area contributed by atoms with Crippen molar-refractivity contribution in [3.63, 3.8) is 0 Å². The lowest BCUT2D eigenvalue weighted by Gasteiger charge is -2.10. The van der Waals surface area contributed by atoms with Gasteiger partial charge in [0.2, 0.25) is 5.91 Å². The second-order valence-corrected chi connectivity index (χ2v) is 9.54. The van der Waals surface area contributed by atoms with E-state index in [4.69, 9.17) is 11.6 Å². The van der Waals surface area contributed by atoms with E-state index in [1.54, 1.807) is 35.1 Å². The molecule has 0 aliphatic heterocycles. The monoisotopic (exact) mass is 489 g/mol. The maximum Gasteiger partial charge on any atom is 0.332 e. The average molecular weight is 490 g/mol. The Morgan fingerprint density at radius 3 is 2.59 bits per heavy atom. The molecule has 0 aliphatic carbocycles. The Kier molecular flexibility index (Phi) is 6.54. The first-order chi connectivity index (χ1) is 15.3. The summed E-state index contributed by atoms with van der Waals surface area (Å²) in [5.74, 6) is -0.0147. The number of aromatic nitrogens is 4. The number of nitrogens with zero attached hydrogens (tertiary/aromatic N) is 4. The smallest absolute Gasteiger partial charge is 0.332 e. The number of aryl methyl sites for hydroxylation is 1. The minimum absolute atomic E-state index is 0.129. The predicted octanol–water partition coefficient (Wildman–Crippen LogP) is 2.61. The molecule has 0 saturated carbocycles. The lowest BCUT2D eigenvalue weighted by Crippen LogP contribution is -2.37. The SMILES string of the molecule is Cn1c(=O)c2c(nc(SCC(=O)NCc3cccs3)n2Cc2ccc(Cl)cc2)n(C)c1=O. The zero-order valence-corrected chi connectivity index (χ0v) is 19.8. The number of hydrogen-bond donors (Lipinski definition) is 1. The van der Waals surface area contributed by atoms with Gasteiger partial charge in [0, 0.05) is 24.0 Å². The van der Waals surface area contributed by atoms with Crippen LogP contribution in [0.3, 0.4) is 0 Å². The molecule has 166 valence electrons. The third-order valence-electron chi connectivity index (χ3n) is 4.94. The Bertz CT molecular complexity index is 1390. The molecule has 32 heavy (non-hydrogen) atoms. The predicted molar refractivity (Wildman–Crippen MR) is 128 cm³/mol. The standard InChI is InChI=1S/C21H20ClN5O3S2/c1-25-18-17(19(29)26(2)21(25)30)27(11-13-5-7-14(22)8-6-13)20(24-18)32-12-16(28)23-10-15-4-3-9-31-15/h3-9H,10-12H2,1-2H3,(H,23,28). The number of amides is 1. The lowest BCUT2D eigenvalue weighted by atomic mass is 10.2. The molecule has 0 unspecified atom stereocenters. The molecule has 11 heteroatoms. The van der Waals surface area contributed by atoms with Crippen molar-refractivity contribution in [3.05, 3.63) is 78.1 Å². The van der Waals surface area contributed by atoms with Gasteiger partial charge in [-0.25, -0.2) is 9.78 Å². The highest BCUT2D eigenvalue weighted by Gasteiger charge is 2.20. The summed E-state index contributed by atoms with van der Waals surface area (Å²) in [6, 6.07) is 11.2. The normalized spacial score (nSPS) is 11.2. The van der Waals surface area contributed by atoms with E-state index in [2.05, 4.69) is 10.3 Å². The molecule has 1 N–H and O–H groups in total. The second-order valence-electron chi connectivity index (χ2n) is 7.13. The summed E-state index contributed by atoms with van der Waals surface area (Å²) in [6.45, 7) is 0.813. The molecule has 3 aromatic heterocycles. The molecule has 0 aliphatic rings. The molecular formula is C21H20ClN5O3S2. The van der Waals surface area contributed by atoms with Crippen LogP contribution in [-0.2, 0) is 32.0 Å². The summed E-state index contributed by atoms with van der Waals surface area (Å²) < 4.78 is 4.15. The topological polar surface area (TPSA) is 90.9 Å². The fourth-order valence-corrected chi connectivity index (χ4v) is 4.83. The Labute approximate surface area is 196 Å². The van der Waals surface area contributed by atoms with Crippen LogP contribution in [0.2, 0.25) is 5.02 Å². The number of fused-ring (bicyclic) bond motifs is 1. The largest absolute Gasteiger partial charge is 0.350 e. The van der Waals surface area contributed by atoms with Crippen molar-refractivity contribution >= 4 is 51.8 Å². The van der Waals surface area contributed by atoms with E-state index in [9.17, 15) is 14.4 Å². The fourth-order valence-electron chi connectivity index (χ4n) is 3.24. The molecular weight excluding hydrogens is 470 g/mol. The summed E-state index contributed by atoms with van der Waals surface area (Å²) >= 11 is 8.80. The number of rotatable bonds is 7. The summed E-state index contributed by atoms with van der Waals surface area (Å²) in [5.41, 5.74) is 0.621. The fraction of sp³-hybridized carbons (Fsp3) is 0.238. The van der Waals surface area contributed by atoms with Crippen LogP contribution in [0.1, 0.15) is 10.4 Å². The van der Waals surface area contributed by atoms with Crippen molar-refractivity contribution < 1.29 is 4.79 Å². The van der Waals surface area contributed by atoms with Gasteiger partial charge in [0.05, 0.1) is 18.8 Å². The summed E-state index contributed by atoms with van der Waals surface area (Å²) in [4.78, 5) is 43.3. The van der Waals surface area contributed by atoms with Crippen LogP contribution < -0.4 is 16.6 Å². The Balaban J connectivity index is 1.67. The van der Waals surface area contributed by atoms with Crippen molar-refractivity contribution in [2.75, 3.05) is 5.75 Å². The summed E-state index contributed by atoms with van der Waals surface area (Å²) in [5, 5.41) is 5.94. The number of nitrogens with one attached hydrogen (secondary N) is 1. The van der Waals surface area contributed by atoms with Crippen LogP contribution >= 0.6 is 34.7 Å². The number of halogens is 1. The van der Waals surface area contributed by atoms with Gasteiger partial charge in [0.15, 0.2) is 16.3 Å². The molecule has 1 amide bonds. The maximum absolute atomic E-state index is 12.9. The van der Waals surface area contributed by atoms with E-state index in [-0.39, 0.29) is 17.3 Å². The number of carbonyl (C=O) groups excluding carboxylic acids is 1. The molecule has 0 radical (unpaired) electrons. The molecule has 8 nitrogen and oxygen atoms in total. The average Bonchev–Trinajstić information content (AvgIpc) is 3.43. The van der Waals surface area contributed by atoms with E-state index >= 15 is 0 Å². The number of benzene rings is 1. The van der Waals surface area contributed by atoms with Crippen LogP contribution in [-0.4, -0.2) is 30.3 Å². The van der Waals surface area contributed by atoms with E-state index in [1.165, 1.54) is 23.4 Å². The van der Waals surface area contributed by atoms with Gasteiger partial charge < -0.3 is 9.88 Å². The first-order valence-corrected chi connectivity index (χ1v) is 11.9. The first kappa shape index (κ1) is 22.4. The highest BCUT2D eigenvalue weighted by atomic mass is 35.5. The van der Waals surface area contributed by atoms with Crippen LogP contribution in [0.4, 0.5) is 0 Å². The van der Waals surface area contributed by atoms with E-state index in [1.807, 2.05) is 29.6 Å². The van der Waals surface area contributed by atoms with Crippen molar-refractivity contribution in [3.8, 4) is 0 Å². The van der Waals surface area contributed by atoms with Crippen LogP contribution in [0.5, 0.6) is 0 Å². The van der Waals surface area contributed by atoms with Crippen molar-refractivity contribution in [1.82, 2.24) is 24.0 Å². The summed E-state index contributed by atoms with van der Waals surface area (Å²) in [7, 11) is 3.01. The molecule has 0 spiro atoms. The minimum atomic E-state index is -0.455. The van der Waals surface area contributed by atoms with Gasteiger partial charge in [-0.2, -0.15) is 0 Å². The molecule has 0 bridgehead atoms. The number of carbonyl (C=O) groups is 1. The Morgan fingerprint density at radius 2 is 1.91 bits per heavy atom. The third-order valence-corrected chi connectivity index (χ3v) is 7.04. The number of thioether (sulfide) groups is 1. The number of imidazole rings is 1. The molecule has 4 rings (SSSR count). The van der Waals surface area contributed by atoms with Gasteiger partial charge in [-0.1, -0.05) is 41.6 Å². The number of thiophene rings is 1. The second kappa shape index (κ2) is 9.35. The number of hydrogen-bond acceptors (Lipinski definition) is 6. The van der Waals surface area contributed by atoms with E-state index in [0.717, 1.165) is 15.0 Å². The zero-order chi connectivity index (χ0) is 22.8. The molecule has 1 aromatic carbocycles. The Morgan fingerprint density at radius 1 is 1.16 bits per heavy atom. The molecule has 0 saturated heterocycles. The molecule has 0 atom stereocenters. The van der Waals surface area contributed by atoms with Gasteiger partial charge >= 0.3 is 5.69 Å². The minimum Gasteiger partial charge on any atom is -0.350 e. The molecule has 3 heterocycles. The van der Waals surface area contributed by atoms with E-state index in [0.29, 0.717) is 28.8 Å². The quantitative estimate of drug-likeness (QED) is 0.403. The molecule has 0 fully saturated rings. The summed E-state index contributed by atoms with van der Waals surface area (Å²) in [6.07, 6.45) is 0. The van der Waals surface area contributed by atoms with Gasteiger partial charge in [0.25, 0.3) is 5.56 Å². The van der Waals surface area contributed by atoms with Crippen molar-refractivity contribution in [1.29, 1.82) is 0 Å². The van der Waals surface area contributed by atoms with Gasteiger partial charge in [-0.3, -0.25) is 18.7 Å². The first-order valence-electron chi connectivity index (χ1n) is 9.67. The lowest BCUT2D eigenvalue weighted by molar-refractivity contribution is -0.118. The van der Waals surface area contributed by atoms with Crippen molar-refractivity contribution in [2.45, 2.75) is 18.2 Å². The zero-order valence-electron chi connectivity index (χ0n) is 17.4. The Hall–Kier alpha value is -2.82. The van der Waals surface area contributed by atoms with Gasteiger partial charge in [0.1, 0.15) is 0 Å².